The lowest BCUT2D eigenvalue weighted by atomic mass is 10.1. The van der Waals surface area contributed by atoms with E-state index >= 15 is 0 Å². The summed E-state index contributed by atoms with van der Waals surface area (Å²) in [5.41, 5.74) is 9.30. The van der Waals surface area contributed by atoms with Gasteiger partial charge in [-0.25, -0.2) is 4.99 Å². The Labute approximate surface area is 201 Å². The molecule has 0 spiro atoms. The highest BCUT2D eigenvalue weighted by atomic mass is 127. The average Bonchev–Trinajstić information content (AvgIpc) is 2.80. The van der Waals surface area contributed by atoms with Crippen LogP contribution >= 0.6 is 24.0 Å². The maximum atomic E-state index is 6.04. The topological polar surface area (TPSA) is 87.3 Å². The molecule has 1 saturated heterocycles. The predicted molar refractivity (Wildman–Crippen MR) is 132 cm³/mol. The molecule has 1 aliphatic heterocycles. The van der Waals surface area contributed by atoms with Gasteiger partial charge in [0.1, 0.15) is 0 Å². The smallest absolute Gasteiger partial charge is 0.189 e. The van der Waals surface area contributed by atoms with Gasteiger partial charge in [0.2, 0.25) is 0 Å². The van der Waals surface area contributed by atoms with Crippen LogP contribution in [0.15, 0.2) is 47.5 Å². The Morgan fingerprint density at radius 1 is 1.03 bits per heavy atom. The number of nitrogens with one attached hydrogen (secondary N) is 1. The summed E-state index contributed by atoms with van der Waals surface area (Å²) in [5, 5.41) is 3.14. The molecule has 31 heavy (non-hydrogen) atoms. The van der Waals surface area contributed by atoms with Crippen molar-refractivity contribution >= 4 is 29.9 Å². The van der Waals surface area contributed by atoms with Gasteiger partial charge in [0.05, 0.1) is 33.5 Å². The van der Waals surface area contributed by atoms with Gasteiger partial charge < -0.3 is 30.0 Å². The molecule has 0 unspecified atom stereocenters. The molecular formula is C23H32IN3O4. The number of nitrogens with zero attached hydrogens (tertiary/aromatic N) is 1. The van der Waals surface area contributed by atoms with E-state index in [1.165, 1.54) is 0 Å². The van der Waals surface area contributed by atoms with Crippen LogP contribution in [-0.2, 0) is 29.2 Å². The second-order valence-electron chi connectivity index (χ2n) is 7.19. The van der Waals surface area contributed by atoms with Crippen molar-refractivity contribution in [3.05, 3.63) is 59.2 Å². The number of aliphatic imine (C=N–C) groups is 1. The standard InChI is InChI=1S/C23H31N3O4.HI/c1-27-21-7-6-18(13-22(21)28-2)15-26-23(24)25-14-17-4-3-5-19(12-17)16-30-20-8-10-29-11-9-20;/h3-7,12-13,20H,8-11,14-16H2,1-2H3,(H3,24,25,26);1H. The van der Waals surface area contributed by atoms with Crippen LogP contribution in [0.5, 0.6) is 11.5 Å². The van der Waals surface area contributed by atoms with E-state index in [4.69, 9.17) is 24.7 Å². The second kappa shape index (κ2) is 13.4. The van der Waals surface area contributed by atoms with Gasteiger partial charge >= 0.3 is 0 Å². The Hall–Kier alpha value is -2.04. The van der Waals surface area contributed by atoms with Gasteiger partial charge in [0.25, 0.3) is 0 Å². The van der Waals surface area contributed by atoms with Crippen molar-refractivity contribution in [3.8, 4) is 11.5 Å². The van der Waals surface area contributed by atoms with E-state index in [-0.39, 0.29) is 30.1 Å². The van der Waals surface area contributed by atoms with Gasteiger partial charge in [-0.15, -0.1) is 24.0 Å². The van der Waals surface area contributed by atoms with Crippen LogP contribution in [0.3, 0.4) is 0 Å². The molecule has 1 heterocycles. The Morgan fingerprint density at radius 2 is 1.77 bits per heavy atom. The lowest BCUT2D eigenvalue weighted by Crippen LogP contribution is -2.31. The molecule has 0 bridgehead atoms. The lowest BCUT2D eigenvalue weighted by molar-refractivity contribution is -0.0390. The van der Waals surface area contributed by atoms with E-state index in [0.717, 1.165) is 42.7 Å². The fourth-order valence-electron chi connectivity index (χ4n) is 3.29. The number of ether oxygens (including phenoxy) is 4. The second-order valence-corrected chi connectivity index (χ2v) is 7.19. The summed E-state index contributed by atoms with van der Waals surface area (Å²) < 4.78 is 22.0. The van der Waals surface area contributed by atoms with Crippen molar-refractivity contribution in [2.75, 3.05) is 27.4 Å². The minimum absolute atomic E-state index is 0. The number of guanidine groups is 1. The van der Waals surface area contributed by atoms with Crippen LogP contribution in [-0.4, -0.2) is 39.5 Å². The number of halogens is 1. The first-order valence-electron chi connectivity index (χ1n) is 10.2. The number of methoxy groups -OCH3 is 2. The SMILES string of the molecule is COc1ccc(CNC(N)=NCc2cccc(COC3CCOCC3)c2)cc1OC.I. The van der Waals surface area contributed by atoms with E-state index in [0.29, 0.717) is 37.2 Å². The Morgan fingerprint density at radius 3 is 2.52 bits per heavy atom. The first kappa shape index (κ1) is 25.2. The molecule has 0 atom stereocenters. The number of nitrogens with two attached hydrogens (primary N) is 1. The zero-order valence-electron chi connectivity index (χ0n) is 18.1. The normalized spacial score (nSPS) is 14.6. The van der Waals surface area contributed by atoms with Crippen LogP contribution in [0.25, 0.3) is 0 Å². The van der Waals surface area contributed by atoms with Crippen LogP contribution in [0.2, 0.25) is 0 Å². The highest BCUT2D eigenvalue weighted by molar-refractivity contribution is 14.0. The molecule has 0 amide bonds. The third-order valence-electron chi connectivity index (χ3n) is 5.00. The number of hydrogen-bond acceptors (Lipinski definition) is 5. The zero-order valence-corrected chi connectivity index (χ0v) is 20.5. The highest BCUT2D eigenvalue weighted by Crippen LogP contribution is 2.27. The largest absolute Gasteiger partial charge is 0.493 e. The molecule has 0 aromatic heterocycles. The van der Waals surface area contributed by atoms with E-state index in [2.05, 4.69) is 22.4 Å². The maximum Gasteiger partial charge on any atom is 0.189 e. The molecule has 170 valence electrons. The minimum Gasteiger partial charge on any atom is -0.493 e. The summed E-state index contributed by atoms with van der Waals surface area (Å²) in [7, 11) is 3.24. The molecule has 2 aromatic rings. The summed E-state index contributed by atoms with van der Waals surface area (Å²) in [6.07, 6.45) is 2.22. The van der Waals surface area contributed by atoms with Gasteiger partial charge in [-0.1, -0.05) is 30.3 Å². The van der Waals surface area contributed by atoms with Gasteiger partial charge in [0, 0.05) is 19.8 Å². The summed E-state index contributed by atoms with van der Waals surface area (Å²) in [6.45, 7) is 3.24. The van der Waals surface area contributed by atoms with E-state index in [1.54, 1.807) is 14.2 Å². The Kier molecular flexibility index (Phi) is 10.9. The summed E-state index contributed by atoms with van der Waals surface area (Å²) in [5.74, 6) is 1.78. The molecule has 1 fully saturated rings. The van der Waals surface area contributed by atoms with Gasteiger partial charge in [-0.2, -0.15) is 0 Å². The fraction of sp³-hybridized carbons (Fsp3) is 0.435. The minimum atomic E-state index is 0. The fourth-order valence-corrected chi connectivity index (χ4v) is 3.29. The molecule has 1 aliphatic rings. The Balaban J connectivity index is 0.00000341. The number of hydrogen-bond donors (Lipinski definition) is 2. The monoisotopic (exact) mass is 541 g/mol. The van der Waals surface area contributed by atoms with E-state index in [9.17, 15) is 0 Å². The lowest BCUT2D eigenvalue weighted by Gasteiger charge is -2.22. The van der Waals surface area contributed by atoms with Crippen molar-refractivity contribution in [2.24, 2.45) is 10.7 Å². The molecule has 2 aromatic carbocycles. The number of benzene rings is 2. The molecule has 0 radical (unpaired) electrons. The summed E-state index contributed by atoms with van der Waals surface area (Å²) in [6, 6.07) is 14.0. The molecule has 8 heteroatoms. The third kappa shape index (κ3) is 8.19. The van der Waals surface area contributed by atoms with Crippen molar-refractivity contribution in [1.29, 1.82) is 0 Å². The van der Waals surface area contributed by atoms with Crippen LogP contribution in [0.1, 0.15) is 29.5 Å². The highest BCUT2D eigenvalue weighted by Gasteiger charge is 2.14. The van der Waals surface area contributed by atoms with Crippen LogP contribution < -0.4 is 20.5 Å². The zero-order chi connectivity index (χ0) is 21.2. The van der Waals surface area contributed by atoms with Crippen molar-refractivity contribution in [3.63, 3.8) is 0 Å². The average molecular weight is 541 g/mol. The molecule has 0 saturated carbocycles. The van der Waals surface area contributed by atoms with Crippen molar-refractivity contribution in [1.82, 2.24) is 5.32 Å². The molecular weight excluding hydrogens is 509 g/mol. The van der Waals surface area contributed by atoms with Crippen molar-refractivity contribution < 1.29 is 18.9 Å². The number of rotatable bonds is 9. The third-order valence-corrected chi connectivity index (χ3v) is 5.00. The van der Waals surface area contributed by atoms with Crippen molar-refractivity contribution in [2.45, 2.75) is 38.6 Å². The van der Waals surface area contributed by atoms with Gasteiger partial charge in [0.15, 0.2) is 17.5 Å². The quantitative estimate of drug-likeness (QED) is 0.287. The van der Waals surface area contributed by atoms with E-state index in [1.807, 2.05) is 30.3 Å². The molecule has 0 aliphatic carbocycles. The maximum absolute atomic E-state index is 6.04. The molecule has 3 rings (SSSR count). The van der Waals surface area contributed by atoms with Crippen LogP contribution in [0, 0.1) is 0 Å². The first-order valence-corrected chi connectivity index (χ1v) is 10.2. The van der Waals surface area contributed by atoms with Gasteiger partial charge in [-0.05, 0) is 41.7 Å². The molecule has 3 N–H and O–H groups in total. The first-order chi connectivity index (χ1) is 14.7. The summed E-state index contributed by atoms with van der Waals surface area (Å²) >= 11 is 0. The van der Waals surface area contributed by atoms with E-state index < -0.39 is 0 Å². The van der Waals surface area contributed by atoms with Crippen LogP contribution in [0.4, 0.5) is 0 Å². The predicted octanol–water partition coefficient (Wildman–Crippen LogP) is 3.62. The summed E-state index contributed by atoms with van der Waals surface area (Å²) in [4.78, 5) is 4.45. The van der Waals surface area contributed by atoms with Gasteiger partial charge in [-0.3, -0.25) is 0 Å². The molecule has 7 nitrogen and oxygen atoms in total. The Bertz CT molecular complexity index is 841.